The van der Waals surface area contributed by atoms with Crippen LogP contribution in [0.25, 0.3) is 0 Å². The lowest BCUT2D eigenvalue weighted by molar-refractivity contribution is -0.224. The summed E-state index contributed by atoms with van der Waals surface area (Å²) in [5.74, 6) is -0.663. The van der Waals surface area contributed by atoms with Gasteiger partial charge >= 0.3 is 0 Å². The van der Waals surface area contributed by atoms with Gasteiger partial charge in [0.1, 0.15) is 18.3 Å². The van der Waals surface area contributed by atoms with E-state index in [1.165, 1.54) is 5.56 Å². The molecule has 0 radical (unpaired) electrons. The van der Waals surface area contributed by atoms with Crippen molar-refractivity contribution in [3.05, 3.63) is 83.9 Å². The summed E-state index contributed by atoms with van der Waals surface area (Å²) in [5.41, 5.74) is 2.43. The number of benzene rings is 2. The van der Waals surface area contributed by atoms with Crippen molar-refractivity contribution in [2.45, 2.75) is 63.4 Å². The second kappa shape index (κ2) is 8.25. The van der Waals surface area contributed by atoms with Crippen molar-refractivity contribution in [3.8, 4) is 0 Å². The Balaban J connectivity index is 1.34. The highest BCUT2D eigenvalue weighted by Gasteiger charge is 2.57. The second-order valence-electron chi connectivity index (χ2n) is 8.66. The number of hydrogen-bond donors (Lipinski definition) is 0. The molecule has 0 N–H and O–H groups in total. The quantitative estimate of drug-likeness (QED) is 0.680. The molecule has 0 aliphatic carbocycles. The Labute approximate surface area is 178 Å². The van der Waals surface area contributed by atoms with Crippen molar-refractivity contribution in [2.75, 3.05) is 6.54 Å². The van der Waals surface area contributed by atoms with Gasteiger partial charge in [0.15, 0.2) is 12.1 Å². The molecule has 2 aromatic carbocycles. The molecule has 2 aromatic rings. The molecule has 158 valence electrons. The minimum atomic E-state index is -0.663. The minimum absolute atomic E-state index is 0.117. The Kier molecular flexibility index (Phi) is 5.48. The highest BCUT2D eigenvalue weighted by Crippen LogP contribution is 2.41. The molecule has 30 heavy (non-hydrogen) atoms. The van der Waals surface area contributed by atoms with Crippen molar-refractivity contribution in [1.29, 1.82) is 0 Å². The summed E-state index contributed by atoms with van der Waals surface area (Å²) in [4.78, 5) is 2.42. The molecule has 0 bridgehead atoms. The van der Waals surface area contributed by atoms with Crippen molar-refractivity contribution in [1.82, 2.24) is 4.90 Å². The van der Waals surface area contributed by atoms with Gasteiger partial charge in [0.25, 0.3) is 0 Å². The molecule has 5 rings (SSSR count). The van der Waals surface area contributed by atoms with E-state index in [9.17, 15) is 0 Å². The molecule has 3 heterocycles. The summed E-state index contributed by atoms with van der Waals surface area (Å²) >= 11 is 0. The molecule has 2 saturated heterocycles. The first kappa shape index (κ1) is 19.9. The first-order chi connectivity index (χ1) is 14.6. The maximum absolute atomic E-state index is 6.43. The van der Waals surface area contributed by atoms with E-state index in [1.807, 2.05) is 38.1 Å². The maximum Gasteiger partial charge on any atom is 0.190 e. The van der Waals surface area contributed by atoms with E-state index in [0.29, 0.717) is 6.61 Å². The van der Waals surface area contributed by atoms with Gasteiger partial charge in [0.2, 0.25) is 0 Å². The van der Waals surface area contributed by atoms with Gasteiger partial charge in [-0.3, -0.25) is 4.90 Å². The van der Waals surface area contributed by atoms with Gasteiger partial charge in [-0.2, -0.15) is 0 Å². The van der Waals surface area contributed by atoms with Crippen LogP contribution in [-0.4, -0.2) is 47.9 Å². The summed E-state index contributed by atoms with van der Waals surface area (Å²) in [6, 6.07) is 20.9. The summed E-state index contributed by atoms with van der Waals surface area (Å²) in [5, 5.41) is 0. The van der Waals surface area contributed by atoms with Crippen molar-refractivity contribution >= 4 is 0 Å². The minimum Gasteiger partial charge on any atom is -0.368 e. The van der Waals surface area contributed by atoms with E-state index >= 15 is 0 Å². The van der Waals surface area contributed by atoms with Gasteiger partial charge in [-0.15, -0.1) is 0 Å². The molecule has 0 saturated carbocycles. The van der Waals surface area contributed by atoms with Crippen LogP contribution in [0.4, 0.5) is 0 Å². The standard InChI is InChI=1S/C25H29NO4/c1-25(2)29-23-22(27-17-19-12-7-4-8-13-19)21(28-24(23)30-25)20-14-9-15-26(20)16-18-10-5-3-6-11-18/h3-14,20-24H,15-17H2,1-2H3/t20-,21+,22-,23+,24+/m0/s1. The van der Waals surface area contributed by atoms with Crippen LogP contribution >= 0.6 is 0 Å². The fourth-order valence-corrected chi connectivity index (χ4v) is 4.62. The number of hydrogen-bond acceptors (Lipinski definition) is 5. The monoisotopic (exact) mass is 407 g/mol. The molecule has 5 heteroatoms. The highest BCUT2D eigenvalue weighted by molar-refractivity contribution is 5.19. The molecule has 0 spiro atoms. The van der Waals surface area contributed by atoms with Gasteiger partial charge in [0, 0.05) is 13.1 Å². The third kappa shape index (κ3) is 4.09. The summed E-state index contributed by atoms with van der Waals surface area (Å²) in [7, 11) is 0. The van der Waals surface area contributed by atoms with E-state index in [2.05, 4.69) is 53.5 Å². The molecule has 0 unspecified atom stereocenters. The molecule has 5 atom stereocenters. The van der Waals surface area contributed by atoms with E-state index in [-0.39, 0.29) is 24.4 Å². The van der Waals surface area contributed by atoms with Gasteiger partial charge in [-0.05, 0) is 25.0 Å². The van der Waals surface area contributed by atoms with E-state index in [0.717, 1.165) is 18.7 Å². The molecular formula is C25H29NO4. The van der Waals surface area contributed by atoms with Crippen LogP contribution < -0.4 is 0 Å². The smallest absolute Gasteiger partial charge is 0.190 e. The summed E-state index contributed by atoms with van der Waals surface area (Å²) in [6.45, 7) is 6.14. The van der Waals surface area contributed by atoms with Crippen LogP contribution in [0.1, 0.15) is 25.0 Å². The molecule has 3 aliphatic heterocycles. The Hall–Kier alpha value is -2.02. The first-order valence-electron chi connectivity index (χ1n) is 10.7. The lowest BCUT2D eigenvalue weighted by Gasteiger charge is -2.33. The van der Waals surface area contributed by atoms with E-state index in [4.69, 9.17) is 18.9 Å². The van der Waals surface area contributed by atoms with Crippen molar-refractivity contribution < 1.29 is 18.9 Å². The third-order valence-electron chi connectivity index (χ3n) is 5.97. The maximum atomic E-state index is 6.43. The third-order valence-corrected chi connectivity index (χ3v) is 5.97. The largest absolute Gasteiger partial charge is 0.368 e. The molecule has 2 fully saturated rings. The van der Waals surface area contributed by atoms with Gasteiger partial charge in [0.05, 0.1) is 12.6 Å². The van der Waals surface area contributed by atoms with E-state index in [1.54, 1.807) is 0 Å². The van der Waals surface area contributed by atoms with Crippen LogP contribution in [0.2, 0.25) is 0 Å². The Bertz CT molecular complexity index is 869. The average Bonchev–Trinajstić information content (AvgIpc) is 3.40. The van der Waals surface area contributed by atoms with Gasteiger partial charge < -0.3 is 18.9 Å². The lowest BCUT2D eigenvalue weighted by Crippen LogP contribution is -2.47. The van der Waals surface area contributed by atoms with Gasteiger partial charge in [-0.25, -0.2) is 0 Å². The Morgan fingerprint density at radius 1 is 0.933 bits per heavy atom. The SMILES string of the molecule is CC1(C)O[C@H]2O[C@H]([C@@H]3C=CCN3Cc3ccccc3)[C@H](OCc3ccccc3)[C@H]2O1. The molecule has 0 aromatic heterocycles. The van der Waals surface area contributed by atoms with Crippen LogP contribution in [0.3, 0.4) is 0 Å². The van der Waals surface area contributed by atoms with Crippen LogP contribution in [0.15, 0.2) is 72.8 Å². The van der Waals surface area contributed by atoms with Crippen LogP contribution in [0.5, 0.6) is 0 Å². The van der Waals surface area contributed by atoms with E-state index < -0.39 is 12.1 Å². The zero-order valence-corrected chi connectivity index (χ0v) is 17.5. The van der Waals surface area contributed by atoms with Crippen LogP contribution in [0, 0.1) is 0 Å². The molecular weight excluding hydrogens is 378 g/mol. The Morgan fingerprint density at radius 3 is 2.37 bits per heavy atom. The average molecular weight is 408 g/mol. The number of fused-ring (bicyclic) bond motifs is 1. The zero-order valence-electron chi connectivity index (χ0n) is 17.5. The topological polar surface area (TPSA) is 40.2 Å². The fraction of sp³-hybridized carbons (Fsp3) is 0.440. The molecule has 0 amide bonds. The zero-order chi connectivity index (χ0) is 20.6. The normalized spacial score (nSPS) is 32.5. The second-order valence-corrected chi connectivity index (χ2v) is 8.66. The highest BCUT2D eigenvalue weighted by atomic mass is 16.8. The van der Waals surface area contributed by atoms with Crippen molar-refractivity contribution in [2.24, 2.45) is 0 Å². The number of rotatable bonds is 6. The predicted octanol–water partition coefficient (Wildman–Crippen LogP) is 3.89. The van der Waals surface area contributed by atoms with Crippen molar-refractivity contribution in [3.63, 3.8) is 0 Å². The first-order valence-corrected chi connectivity index (χ1v) is 10.7. The summed E-state index contributed by atoms with van der Waals surface area (Å²) < 4.78 is 25.1. The lowest BCUT2D eigenvalue weighted by atomic mass is 10.0. The Morgan fingerprint density at radius 2 is 1.63 bits per heavy atom. The fourth-order valence-electron chi connectivity index (χ4n) is 4.62. The predicted molar refractivity (Wildman–Crippen MR) is 113 cm³/mol. The molecule has 3 aliphatic rings. The van der Waals surface area contributed by atoms with Crippen LogP contribution in [-0.2, 0) is 32.1 Å². The van der Waals surface area contributed by atoms with Gasteiger partial charge in [-0.1, -0.05) is 72.8 Å². The molecule has 5 nitrogen and oxygen atoms in total. The summed E-state index contributed by atoms with van der Waals surface area (Å²) in [6.07, 6.45) is 3.45. The number of nitrogens with zero attached hydrogens (tertiary/aromatic N) is 1. The number of ether oxygens (including phenoxy) is 4.